The molecule has 2 rings (SSSR count). The molecule has 0 atom stereocenters. The Morgan fingerprint density at radius 1 is 1.32 bits per heavy atom. The number of fused-ring (bicyclic) bond motifs is 1. The van der Waals surface area contributed by atoms with Crippen molar-refractivity contribution in [2.75, 3.05) is 20.3 Å². The highest BCUT2D eigenvalue weighted by Gasteiger charge is 2.12. The molecule has 7 heteroatoms. The van der Waals surface area contributed by atoms with Crippen LogP contribution in [0.2, 0.25) is 0 Å². The first-order chi connectivity index (χ1) is 12.0. The molecular formula is C18H24N2O4S. The zero-order chi connectivity index (χ0) is 18.4. The lowest BCUT2D eigenvalue weighted by Crippen LogP contribution is -2.19. The quantitative estimate of drug-likeness (QED) is 0.708. The zero-order valence-corrected chi connectivity index (χ0v) is 15.9. The first-order valence-corrected chi connectivity index (χ1v) is 9.15. The van der Waals surface area contributed by atoms with Gasteiger partial charge in [-0.25, -0.2) is 4.79 Å². The Labute approximate surface area is 151 Å². The van der Waals surface area contributed by atoms with E-state index in [0.29, 0.717) is 36.5 Å². The standard InChI is InChI=1S/C18H24N2O4S/c1-5-24-17(22)13-6-7-14-15(11-13)25-18(20(14)8-9-23-4)19-16(21)10-12(2)3/h6-7,11-12H,5,8-10H2,1-4H3. The molecule has 0 aliphatic carbocycles. The summed E-state index contributed by atoms with van der Waals surface area (Å²) in [6.45, 7) is 7.18. The summed E-state index contributed by atoms with van der Waals surface area (Å²) in [7, 11) is 1.63. The number of amides is 1. The third kappa shape index (κ3) is 4.99. The average Bonchev–Trinajstić information content (AvgIpc) is 2.88. The number of benzene rings is 1. The molecule has 2 aromatic rings. The van der Waals surface area contributed by atoms with Gasteiger partial charge in [0.25, 0.3) is 0 Å². The molecule has 1 amide bonds. The molecule has 0 fully saturated rings. The van der Waals surface area contributed by atoms with Crippen LogP contribution in [0.3, 0.4) is 0 Å². The third-order valence-electron chi connectivity index (χ3n) is 3.52. The molecule has 0 unspecified atom stereocenters. The lowest BCUT2D eigenvalue weighted by molar-refractivity contribution is -0.118. The van der Waals surface area contributed by atoms with Crippen LogP contribution in [0.25, 0.3) is 10.2 Å². The van der Waals surface area contributed by atoms with Gasteiger partial charge in [-0.3, -0.25) is 4.79 Å². The number of hydrogen-bond donors (Lipinski definition) is 0. The van der Waals surface area contributed by atoms with Crippen molar-refractivity contribution in [2.45, 2.75) is 33.7 Å². The van der Waals surface area contributed by atoms with Gasteiger partial charge in [0.1, 0.15) is 0 Å². The maximum absolute atomic E-state index is 12.1. The maximum Gasteiger partial charge on any atom is 0.338 e. The normalized spacial score (nSPS) is 12.1. The van der Waals surface area contributed by atoms with Crippen LogP contribution < -0.4 is 4.80 Å². The first kappa shape index (κ1) is 19.3. The number of hydrogen-bond acceptors (Lipinski definition) is 5. The van der Waals surface area contributed by atoms with Gasteiger partial charge in [-0.1, -0.05) is 25.2 Å². The Hall–Kier alpha value is -1.99. The van der Waals surface area contributed by atoms with Crippen molar-refractivity contribution < 1.29 is 19.1 Å². The number of rotatable bonds is 7. The van der Waals surface area contributed by atoms with Crippen molar-refractivity contribution in [3.63, 3.8) is 0 Å². The third-order valence-corrected chi connectivity index (χ3v) is 4.56. The van der Waals surface area contributed by atoms with E-state index >= 15 is 0 Å². The Balaban J connectivity index is 2.50. The van der Waals surface area contributed by atoms with E-state index in [-0.39, 0.29) is 17.8 Å². The molecule has 0 N–H and O–H groups in total. The minimum absolute atomic E-state index is 0.140. The second-order valence-electron chi connectivity index (χ2n) is 6.04. The van der Waals surface area contributed by atoms with Gasteiger partial charge in [-0.2, -0.15) is 4.99 Å². The lowest BCUT2D eigenvalue weighted by atomic mass is 10.1. The van der Waals surface area contributed by atoms with Gasteiger partial charge in [-0.15, -0.1) is 0 Å². The fourth-order valence-electron chi connectivity index (χ4n) is 2.40. The van der Waals surface area contributed by atoms with Crippen LogP contribution in [0.4, 0.5) is 0 Å². The summed E-state index contributed by atoms with van der Waals surface area (Å²) in [6.07, 6.45) is 0.409. The van der Waals surface area contributed by atoms with Gasteiger partial charge in [0.2, 0.25) is 5.91 Å². The molecular weight excluding hydrogens is 340 g/mol. The number of carbonyl (C=O) groups is 2. The molecule has 0 aliphatic rings. The van der Waals surface area contributed by atoms with Gasteiger partial charge in [0.15, 0.2) is 4.80 Å². The molecule has 6 nitrogen and oxygen atoms in total. The Kier molecular flexibility index (Phi) is 6.90. The highest BCUT2D eigenvalue weighted by molar-refractivity contribution is 7.16. The Bertz CT molecular complexity index is 820. The summed E-state index contributed by atoms with van der Waals surface area (Å²) in [5, 5.41) is 0. The fraction of sp³-hybridized carbons (Fsp3) is 0.500. The van der Waals surface area contributed by atoms with E-state index in [2.05, 4.69) is 4.99 Å². The molecule has 1 heterocycles. The van der Waals surface area contributed by atoms with Crippen LogP contribution in [-0.4, -0.2) is 36.8 Å². The molecule has 1 aromatic heterocycles. The van der Waals surface area contributed by atoms with Crippen LogP contribution in [0.15, 0.2) is 23.2 Å². The predicted octanol–water partition coefficient (Wildman–Crippen LogP) is 3.00. The van der Waals surface area contributed by atoms with E-state index in [1.54, 1.807) is 26.2 Å². The zero-order valence-electron chi connectivity index (χ0n) is 15.1. The second-order valence-corrected chi connectivity index (χ2v) is 7.04. The molecule has 0 saturated heterocycles. The molecule has 0 saturated carbocycles. The highest BCUT2D eigenvalue weighted by Crippen LogP contribution is 2.20. The molecule has 0 aliphatic heterocycles. The van der Waals surface area contributed by atoms with Gasteiger partial charge in [0.05, 0.1) is 29.0 Å². The van der Waals surface area contributed by atoms with Crippen LogP contribution >= 0.6 is 11.3 Å². The number of thiazole rings is 1. The fourth-order valence-corrected chi connectivity index (χ4v) is 3.51. The number of esters is 1. The number of carbonyl (C=O) groups excluding carboxylic acids is 2. The van der Waals surface area contributed by atoms with E-state index in [9.17, 15) is 9.59 Å². The van der Waals surface area contributed by atoms with Crippen molar-refractivity contribution in [3.05, 3.63) is 28.6 Å². The summed E-state index contributed by atoms with van der Waals surface area (Å²) in [4.78, 5) is 28.9. The van der Waals surface area contributed by atoms with Crippen molar-refractivity contribution in [2.24, 2.45) is 10.9 Å². The molecule has 0 radical (unpaired) electrons. The van der Waals surface area contributed by atoms with E-state index < -0.39 is 0 Å². The van der Waals surface area contributed by atoms with Crippen LogP contribution in [0.5, 0.6) is 0 Å². The Morgan fingerprint density at radius 3 is 2.72 bits per heavy atom. The van der Waals surface area contributed by atoms with E-state index in [4.69, 9.17) is 9.47 Å². The van der Waals surface area contributed by atoms with Crippen molar-refractivity contribution in [1.29, 1.82) is 0 Å². The number of ether oxygens (including phenoxy) is 2. The molecule has 136 valence electrons. The lowest BCUT2D eigenvalue weighted by Gasteiger charge is -2.05. The number of aromatic nitrogens is 1. The maximum atomic E-state index is 12.1. The minimum Gasteiger partial charge on any atom is -0.462 e. The van der Waals surface area contributed by atoms with E-state index in [1.807, 2.05) is 24.5 Å². The van der Waals surface area contributed by atoms with E-state index in [1.165, 1.54) is 11.3 Å². The highest BCUT2D eigenvalue weighted by atomic mass is 32.1. The van der Waals surface area contributed by atoms with Crippen LogP contribution in [0.1, 0.15) is 37.6 Å². The topological polar surface area (TPSA) is 69.9 Å². The number of nitrogens with zero attached hydrogens (tertiary/aromatic N) is 2. The molecule has 0 bridgehead atoms. The summed E-state index contributed by atoms with van der Waals surface area (Å²) in [5.74, 6) is -0.234. The summed E-state index contributed by atoms with van der Waals surface area (Å²) in [6, 6.07) is 5.38. The molecule has 1 aromatic carbocycles. The SMILES string of the molecule is CCOC(=O)c1ccc2c(c1)sc(=NC(=O)CC(C)C)n2CCOC. The summed E-state index contributed by atoms with van der Waals surface area (Å²) in [5.41, 5.74) is 1.42. The smallest absolute Gasteiger partial charge is 0.338 e. The van der Waals surface area contributed by atoms with Crippen molar-refractivity contribution >= 4 is 33.4 Å². The van der Waals surface area contributed by atoms with Crippen LogP contribution in [-0.2, 0) is 20.8 Å². The van der Waals surface area contributed by atoms with Gasteiger partial charge >= 0.3 is 5.97 Å². The second kappa shape index (κ2) is 8.92. The monoisotopic (exact) mass is 364 g/mol. The van der Waals surface area contributed by atoms with Crippen LogP contribution in [0, 0.1) is 5.92 Å². The summed E-state index contributed by atoms with van der Waals surface area (Å²) < 4.78 is 13.1. The van der Waals surface area contributed by atoms with Crippen molar-refractivity contribution in [1.82, 2.24) is 4.57 Å². The largest absolute Gasteiger partial charge is 0.462 e. The van der Waals surface area contributed by atoms with Gasteiger partial charge in [-0.05, 0) is 31.0 Å². The first-order valence-electron chi connectivity index (χ1n) is 8.33. The minimum atomic E-state index is -0.351. The Morgan fingerprint density at radius 2 is 2.08 bits per heavy atom. The van der Waals surface area contributed by atoms with Gasteiger partial charge in [0, 0.05) is 20.1 Å². The average molecular weight is 364 g/mol. The summed E-state index contributed by atoms with van der Waals surface area (Å²) >= 11 is 1.39. The van der Waals surface area contributed by atoms with Gasteiger partial charge < -0.3 is 14.0 Å². The number of methoxy groups -OCH3 is 1. The van der Waals surface area contributed by atoms with Crippen molar-refractivity contribution in [3.8, 4) is 0 Å². The van der Waals surface area contributed by atoms with E-state index in [0.717, 1.165) is 10.2 Å². The molecule has 0 spiro atoms. The predicted molar refractivity (Wildman–Crippen MR) is 97.7 cm³/mol. The molecule has 25 heavy (non-hydrogen) atoms.